The topological polar surface area (TPSA) is 57.7 Å². The number of sulfonamides is 1. The molecule has 0 heterocycles. The standard InChI is InChI=1S/C21H28N2O3S/c1-6-12-23(15-18-10-8-7-9-11-18)21(24)19-13-16(2)17(3)20(14-19)27(25,26)22(4)5/h7-11,13-14H,6,12,15H2,1-5H3. The quantitative estimate of drug-likeness (QED) is 0.728. The molecule has 0 aromatic heterocycles. The van der Waals surface area contributed by atoms with Gasteiger partial charge in [0.05, 0.1) is 4.90 Å². The lowest BCUT2D eigenvalue weighted by atomic mass is 10.0. The maximum Gasteiger partial charge on any atom is 0.254 e. The summed E-state index contributed by atoms with van der Waals surface area (Å²) in [6.07, 6.45) is 0.826. The third-order valence-corrected chi connectivity index (χ3v) is 6.56. The summed E-state index contributed by atoms with van der Waals surface area (Å²) in [6, 6.07) is 13.1. The number of hydrogen-bond donors (Lipinski definition) is 0. The van der Waals surface area contributed by atoms with Crippen molar-refractivity contribution in [2.24, 2.45) is 0 Å². The number of hydrogen-bond acceptors (Lipinski definition) is 3. The molecule has 146 valence electrons. The van der Waals surface area contributed by atoms with Crippen LogP contribution in [0.1, 0.15) is 40.4 Å². The molecule has 0 unspecified atom stereocenters. The molecule has 0 aliphatic rings. The average molecular weight is 389 g/mol. The highest BCUT2D eigenvalue weighted by molar-refractivity contribution is 7.89. The van der Waals surface area contributed by atoms with E-state index < -0.39 is 10.0 Å². The number of carbonyl (C=O) groups is 1. The molecule has 0 saturated carbocycles. The van der Waals surface area contributed by atoms with Gasteiger partial charge in [0.15, 0.2) is 0 Å². The van der Waals surface area contributed by atoms with E-state index in [0.29, 0.717) is 24.2 Å². The minimum absolute atomic E-state index is 0.154. The van der Waals surface area contributed by atoms with Crippen molar-refractivity contribution in [2.75, 3.05) is 20.6 Å². The first-order valence-corrected chi connectivity index (χ1v) is 10.5. The highest BCUT2D eigenvalue weighted by Crippen LogP contribution is 2.24. The number of carbonyl (C=O) groups excluding carboxylic acids is 1. The summed E-state index contributed by atoms with van der Waals surface area (Å²) in [7, 11) is -0.626. The highest BCUT2D eigenvalue weighted by atomic mass is 32.2. The molecule has 0 N–H and O–H groups in total. The van der Waals surface area contributed by atoms with Crippen LogP contribution in [0.25, 0.3) is 0 Å². The maximum absolute atomic E-state index is 13.2. The molecule has 2 aromatic rings. The second-order valence-corrected chi connectivity index (χ2v) is 9.04. The van der Waals surface area contributed by atoms with Gasteiger partial charge in [-0.3, -0.25) is 4.79 Å². The van der Waals surface area contributed by atoms with Crippen molar-refractivity contribution in [1.29, 1.82) is 0 Å². The lowest BCUT2D eigenvalue weighted by Gasteiger charge is -2.24. The van der Waals surface area contributed by atoms with E-state index in [4.69, 9.17) is 0 Å². The van der Waals surface area contributed by atoms with E-state index in [1.807, 2.05) is 44.2 Å². The van der Waals surface area contributed by atoms with E-state index in [0.717, 1.165) is 17.5 Å². The van der Waals surface area contributed by atoms with Gasteiger partial charge >= 0.3 is 0 Å². The normalized spacial score (nSPS) is 11.6. The molecule has 6 heteroatoms. The zero-order chi connectivity index (χ0) is 20.2. The summed E-state index contributed by atoms with van der Waals surface area (Å²) in [5.74, 6) is -0.154. The van der Waals surface area contributed by atoms with Crippen LogP contribution in [0.15, 0.2) is 47.4 Å². The van der Waals surface area contributed by atoms with E-state index in [9.17, 15) is 13.2 Å². The number of benzene rings is 2. The van der Waals surface area contributed by atoms with Crippen LogP contribution in [0, 0.1) is 13.8 Å². The summed E-state index contributed by atoms with van der Waals surface area (Å²) in [5, 5.41) is 0. The van der Waals surface area contributed by atoms with Gasteiger partial charge in [0.25, 0.3) is 5.91 Å². The van der Waals surface area contributed by atoms with Gasteiger partial charge in [0, 0.05) is 32.7 Å². The molecule has 0 spiro atoms. The van der Waals surface area contributed by atoms with Crippen molar-refractivity contribution in [3.05, 3.63) is 64.7 Å². The molecule has 0 aliphatic carbocycles. The summed E-state index contributed by atoms with van der Waals surface area (Å²) >= 11 is 0. The fraction of sp³-hybridized carbons (Fsp3) is 0.381. The Kier molecular flexibility index (Phi) is 6.78. The Morgan fingerprint density at radius 2 is 1.67 bits per heavy atom. The second-order valence-electron chi connectivity index (χ2n) is 6.92. The third-order valence-electron chi connectivity index (χ3n) is 4.62. The van der Waals surface area contributed by atoms with Gasteiger partial charge in [0.2, 0.25) is 10.0 Å². The molecule has 2 rings (SSSR count). The largest absolute Gasteiger partial charge is 0.334 e. The summed E-state index contributed by atoms with van der Waals surface area (Å²) in [6.45, 7) is 6.73. The van der Waals surface area contributed by atoms with Crippen LogP contribution >= 0.6 is 0 Å². The van der Waals surface area contributed by atoms with Gasteiger partial charge in [-0.2, -0.15) is 0 Å². The van der Waals surface area contributed by atoms with Gasteiger partial charge in [0.1, 0.15) is 0 Å². The molecular formula is C21H28N2O3S. The van der Waals surface area contributed by atoms with Gasteiger partial charge in [-0.05, 0) is 49.1 Å². The Labute approximate surface area is 162 Å². The Balaban J connectivity index is 2.45. The first-order chi connectivity index (χ1) is 12.7. The third kappa shape index (κ3) is 4.76. The molecule has 1 amide bonds. The molecule has 0 bridgehead atoms. The van der Waals surface area contributed by atoms with Crippen molar-refractivity contribution in [2.45, 2.75) is 38.6 Å². The van der Waals surface area contributed by atoms with Gasteiger partial charge in [-0.15, -0.1) is 0 Å². The molecular weight excluding hydrogens is 360 g/mol. The summed E-state index contributed by atoms with van der Waals surface area (Å²) in [4.78, 5) is 15.1. The zero-order valence-corrected chi connectivity index (χ0v) is 17.5. The number of amides is 1. The molecule has 0 radical (unpaired) electrons. The van der Waals surface area contributed by atoms with Crippen molar-refractivity contribution >= 4 is 15.9 Å². The number of aryl methyl sites for hydroxylation is 1. The lowest BCUT2D eigenvalue weighted by molar-refractivity contribution is 0.0743. The highest BCUT2D eigenvalue weighted by Gasteiger charge is 2.24. The van der Waals surface area contributed by atoms with E-state index in [1.54, 1.807) is 17.9 Å². The maximum atomic E-state index is 13.2. The summed E-state index contributed by atoms with van der Waals surface area (Å²) in [5.41, 5.74) is 2.91. The first-order valence-electron chi connectivity index (χ1n) is 9.05. The Morgan fingerprint density at radius 1 is 1.04 bits per heavy atom. The van der Waals surface area contributed by atoms with Crippen LogP contribution in [0.4, 0.5) is 0 Å². The molecule has 0 saturated heterocycles. The SMILES string of the molecule is CCCN(Cc1ccccc1)C(=O)c1cc(C)c(C)c(S(=O)(=O)N(C)C)c1. The second kappa shape index (κ2) is 8.67. The smallest absolute Gasteiger partial charge is 0.254 e. The fourth-order valence-electron chi connectivity index (χ4n) is 2.92. The molecule has 0 fully saturated rings. The molecule has 5 nitrogen and oxygen atoms in total. The first kappa shape index (κ1) is 21.1. The number of rotatable bonds is 7. The minimum Gasteiger partial charge on any atom is -0.334 e. The minimum atomic E-state index is -3.62. The van der Waals surface area contributed by atoms with Crippen molar-refractivity contribution in [3.63, 3.8) is 0 Å². The van der Waals surface area contributed by atoms with Gasteiger partial charge in [-0.25, -0.2) is 12.7 Å². The molecule has 27 heavy (non-hydrogen) atoms. The number of nitrogens with zero attached hydrogens (tertiary/aromatic N) is 2. The van der Waals surface area contributed by atoms with Crippen LogP contribution < -0.4 is 0 Å². The van der Waals surface area contributed by atoms with Crippen molar-refractivity contribution < 1.29 is 13.2 Å². The van der Waals surface area contributed by atoms with E-state index >= 15 is 0 Å². The van der Waals surface area contributed by atoms with E-state index in [1.165, 1.54) is 24.5 Å². The zero-order valence-electron chi connectivity index (χ0n) is 16.7. The van der Waals surface area contributed by atoms with E-state index in [-0.39, 0.29) is 10.8 Å². The van der Waals surface area contributed by atoms with Crippen LogP contribution in [-0.2, 0) is 16.6 Å². The van der Waals surface area contributed by atoms with Crippen molar-refractivity contribution in [1.82, 2.24) is 9.21 Å². The van der Waals surface area contributed by atoms with Gasteiger partial charge < -0.3 is 4.90 Å². The van der Waals surface area contributed by atoms with E-state index in [2.05, 4.69) is 0 Å². The van der Waals surface area contributed by atoms with Crippen LogP contribution in [0.2, 0.25) is 0 Å². The summed E-state index contributed by atoms with van der Waals surface area (Å²) < 4.78 is 26.5. The predicted octanol–water partition coefficient (Wildman–Crippen LogP) is 3.61. The molecule has 0 aliphatic heterocycles. The Hall–Kier alpha value is -2.18. The molecule has 0 atom stereocenters. The van der Waals surface area contributed by atoms with Crippen LogP contribution in [-0.4, -0.2) is 44.2 Å². The predicted molar refractivity (Wildman–Crippen MR) is 108 cm³/mol. The lowest BCUT2D eigenvalue weighted by Crippen LogP contribution is -2.32. The van der Waals surface area contributed by atoms with Gasteiger partial charge in [-0.1, -0.05) is 37.3 Å². The monoisotopic (exact) mass is 388 g/mol. The van der Waals surface area contributed by atoms with Crippen molar-refractivity contribution in [3.8, 4) is 0 Å². The Bertz CT molecular complexity index is 907. The van der Waals surface area contributed by atoms with Crippen LogP contribution in [0.5, 0.6) is 0 Å². The fourth-order valence-corrected chi connectivity index (χ4v) is 4.14. The average Bonchev–Trinajstić information content (AvgIpc) is 2.63. The Morgan fingerprint density at radius 3 is 2.22 bits per heavy atom. The van der Waals surface area contributed by atoms with Crippen LogP contribution in [0.3, 0.4) is 0 Å². The molecule has 2 aromatic carbocycles.